The molecule has 5 nitrogen and oxygen atoms in total. The fourth-order valence-electron chi connectivity index (χ4n) is 2.67. The van der Waals surface area contributed by atoms with Gasteiger partial charge in [-0.1, -0.05) is 12.5 Å². The third kappa shape index (κ3) is 6.18. The molecule has 23 heavy (non-hydrogen) atoms. The van der Waals surface area contributed by atoms with Crippen molar-refractivity contribution in [3.63, 3.8) is 0 Å². The lowest BCUT2D eigenvalue weighted by molar-refractivity contribution is 0.0243. The molecule has 1 aliphatic rings. The Morgan fingerprint density at radius 2 is 2.17 bits per heavy atom. The van der Waals surface area contributed by atoms with Gasteiger partial charge in [-0.2, -0.15) is 0 Å². The molecule has 0 aliphatic carbocycles. The van der Waals surface area contributed by atoms with Crippen molar-refractivity contribution in [2.24, 2.45) is 0 Å². The predicted octanol–water partition coefficient (Wildman–Crippen LogP) is 3.27. The number of pyridine rings is 1. The van der Waals surface area contributed by atoms with Crippen molar-refractivity contribution >= 4 is 6.09 Å². The van der Waals surface area contributed by atoms with Crippen molar-refractivity contribution in [1.82, 2.24) is 15.2 Å². The molecule has 1 atom stereocenters. The number of rotatable bonds is 3. The zero-order chi connectivity index (χ0) is 16.9. The topological polar surface area (TPSA) is 54.5 Å². The zero-order valence-electron chi connectivity index (χ0n) is 14.8. The van der Waals surface area contributed by atoms with Crippen LogP contribution in [-0.2, 0) is 11.3 Å². The Bertz CT molecular complexity index is 508. The van der Waals surface area contributed by atoms with E-state index in [1.54, 1.807) is 0 Å². The molecule has 1 N–H and O–H groups in total. The van der Waals surface area contributed by atoms with Crippen molar-refractivity contribution in [3.8, 4) is 0 Å². The van der Waals surface area contributed by atoms with E-state index in [9.17, 15) is 4.79 Å². The highest BCUT2D eigenvalue weighted by Gasteiger charge is 2.26. The second kappa shape index (κ2) is 7.77. The average molecular weight is 319 g/mol. The summed E-state index contributed by atoms with van der Waals surface area (Å²) < 4.78 is 5.51. The van der Waals surface area contributed by atoms with Crippen LogP contribution >= 0.6 is 0 Å². The maximum atomic E-state index is 12.3. The maximum Gasteiger partial charge on any atom is 0.410 e. The van der Waals surface area contributed by atoms with Crippen LogP contribution in [0.2, 0.25) is 0 Å². The molecule has 0 radical (unpaired) electrons. The zero-order valence-corrected chi connectivity index (χ0v) is 14.8. The van der Waals surface area contributed by atoms with E-state index in [2.05, 4.69) is 16.4 Å². The van der Waals surface area contributed by atoms with Crippen LogP contribution in [0.1, 0.15) is 51.3 Å². The third-order valence-corrected chi connectivity index (χ3v) is 3.89. The number of amides is 1. The van der Waals surface area contributed by atoms with Gasteiger partial charge in [-0.15, -0.1) is 0 Å². The summed E-state index contributed by atoms with van der Waals surface area (Å²) in [6.07, 6.45) is 4.94. The van der Waals surface area contributed by atoms with Gasteiger partial charge in [0.2, 0.25) is 0 Å². The van der Waals surface area contributed by atoms with Gasteiger partial charge in [0.15, 0.2) is 0 Å². The van der Waals surface area contributed by atoms with Gasteiger partial charge < -0.3 is 15.0 Å². The van der Waals surface area contributed by atoms with Crippen molar-refractivity contribution < 1.29 is 9.53 Å². The van der Waals surface area contributed by atoms with Crippen LogP contribution in [0, 0.1) is 6.92 Å². The van der Waals surface area contributed by atoms with Gasteiger partial charge in [-0.3, -0.25) is 4.98 Å². The minimum atomic E-state index is -0.445. The number of carbonyl (C=O) groups is 1. The lowest BCUT2D eigenvalue weighted by Crippen LogP contribution is -2.44. The molecule has 0 spiro atoms. The molecular formula is C18H29N3O2. The maximum absolute atomic E-state index is 12.3. The van der Waals surface area contributed by atoms with Crippen LogP contribution in [0.15, 0.2) is 18.3 Å². The Kier molecular flexibility index (Phi) is 5.99. The summed E-state index contributed by atoms with van der Waals surface area (Å²) in [7, 11) is 0. The third-order valence-electron chi connectivity index (χ3n) is 3.89. The molecule has 1 unspecified atom stereocenters. The summed E-state index contributed by atoms with van der Waals surface area (Å²) in [5.41, 5.74) is 1.75. The highest BCUT2D eigenvalue weighted by Crippen LogP contribution is 2.16. The van der Waals surface area contributed by atoms with E-state index in [4.69, 9.17) is 4.74 Å². The highest BCUT2D eigenvalue weighted by atomic mass is 16.6. The first-order valence-corrected chi connectivity index (χ1v) is 8.46. The molecule has 1 aromatic heterocycles. The average Bonchev–Trinajstić information content (AvgIpc) is 2.70. The van der Waals surface area contributed by atoms with Crippen molar-refractivity contribution in [2.45, 2.75) is 65.1 Å². The molecule has 0 saturated carbocycles. The number of ether oxygens (including phenoxy) is 1. The Morgan fingerprint density at radius 1 is 1.39 bits per heavy atom. The minimum absolute atomic E-state index is 0.205. The molecule has 2 heterocycles. The molecule has 1 amide bonds. The number of nitrogens with one attached hydrogen (secondary N) is 1. The molecular weight excluding hydrogens is 290 g/mol. The number of hydrogen-bond acceptors (Lipinski definition) is 4. The Hall–Kier alpha value is -1.62. The highest BCUT2D eigenvalue weighted by molar-refractivity contribution is 5.68. The smallest absolute Gasteiger partial charge is 0.410 e. The van der Waals surface area contributed by atoms with E-state index in [1.807, 2.05) is 44.9 Å². The lowest BCUT2D eigenvalue weighted by Gasteiger charge is -2.28. The molecule has 0 aromatic carbocycles. The van der Waals surface area contributed by atoms with E-state index >= 15 is 0 Å². The number of aryl methyl sites for hydroxylation is 1. The van der Waals surface area contributed by atoms with Gasteiger partial charge in [0, 0.05) is 37.6 Å². The van der Waals surface area contributed by atoms with Gasteiger partial charge in [-0.05, 0) is 52.2 Å². The summed E-state index contributed by atoms with van der Waals surface area (Å²) in [4.78, 5) is 18.4. The van der Waals surface area contributed by atoms with E-state index < -0.39 is 5.60 Å². The van der Waals surface area contributed by atoms with Crippen LogP contribution in [-0.4, -0.2) is 40.7 Å². The fourth-order valence-corrected chi connectivity index (χ4v) is 2.67. The molecule has 1 aromatic rings. The molecule has 5 heteroatoms. The molecule has 1 saturated heterocycles. The quantitative estimate of drug-likeness (QED) is 0.929. The number of aromatic nitrogens is 1. The summed E-state index contributed by atoms with van der Waals surface area (Å²) in [5.74, 6) is 0. The first-order valence-electron chi connectivity index (χ1n) is 8.46. The second-order valence-corrected chi connectivity index (χ2v) is 7.31. The molecule has 0 bridgehead atoms. The second-order valence-electron chi connectivity index (χ2n) is 7.31. The summed E-state index contributed by atoms with van der Waals surface area (Å²) >= 11 is 0. The molecule has 2 rings (SSSR count). The van der Waals surface area contributed by atoms with Crippen LogP contribution < -0.4 is 5.32 Å². The minimum Gasteiger partial charge on any atom is -0.444 e. The van der Waals surface area contributed by atoms with Crippen LogP contribution in [0.3, 0.4) is 0 Å². The van der Waals surface area contributed by atoms with Crippen LogP contribution in [0.5, 0.6) is 0 Å². The van der Waals surface area contributed by atoms with Crippen molar-refractivity contribution in [1.29, 1.82) is 0 Å². The summed E-state index contributed by atoms with van der Waals surface area (Å²) in [6.45, 7) is 9.96. The summed E-state index contributed by atoms with van der Waals surface area (Å²) in [6, 6.07) is 4.42. The Balaban J connectivity index is 1.88. The lowest BCUT2D eigenvalue weighted by atomic mass is 10.1. The number of carbonyl (C=O) groups excluding carboxylic acids is 1. The van der Waals surface area contributed by atoms with Gasteiger partial charge in [0.25, 0.3) is 0 Å². The van der Waals surface area contributed by atoms with E-state index in [1.165, 1.54) is 5.56 Å². The molecule has 1 fully saturated rings. The standard InChI is InChI=1S/C18H29N3O2/c1-14-8-9-15(11-19-14)12-20-16-7-5-6-10-21(13-16)17(22)23-18(2,3)4/h8-9,11,16,20H,5-7,10,12-13H2,1-4H3. The predicted molar refractivity (Wildman–Crippen MR) is 91.3 cm³/mol. The van der Waals surface area contributed by atoms with Crippen molar-refractivity contribution in [2.75, 3.05) is 13.1 Å². The van der Waals surface area contributed by atoms with E-state index in [-0.39, 0.29) is 6.09 Å². The van der Waals surface area contributed by atoms with Gasteiger partial charge in [0.1, 0.15) is 5.60 Å². The van der Waals surface area contributed by atoms with Gasteiger partial charge >= 0.3 is 6.09 Å². The van der Waals surface area contributed by atoms with E-state index in [0.29, 0.717) is 12.6 Å². The fraction of sp³-hybridized carbons (Fsp3) is 0.667. The van der Waals surface area contributed by atoms with E-state index in [0.717, 1.165) is 38.0 Å². The number of hydrogen-bond donors (Lipinski definition) is 1. The number of likely N-dealkylation sites (tertiary alicyclic amines) is 1. The molecule has 128 valence electrons. The Labute approximate surface area is 139 Å². The Morgan fingerprint density at radius 3 is 2.83 bits per heavy atom. The first-order chi connectivity index (χ1) is 10.8. The number of nitrogens with zero attached hydrogens (tertiary/aromatic N) is 2. The largest absolute Gasteiger partial charge is 0.444 e. The normalized spacial score (nSPS) is 19.3. The van der Waals surface area contributed by atoms with Crippen LogP contribution in [0.4, 0.5) is 4.79 Å². The van der Waals surface area contributed by atoms with Crippen molar-refractivity contribution in [3.05, 3.63) is 29.6 Å². The van der Waals surface area contributed by atoms with Gasteiger partial charge in [0.05, 0.1) is 0 Å². The summed E-state index contributed by atoms with van der Waals surface area (Å²) in [5, 5.41) is 3.56. The van der Waals surface area contributed by atoms with Crippen LogP contribution in [0.25, 0.3) is 0 Å². The van der Waals surface area contributed by atoms with Gasteiger partial charge in [-0.25, -0.2) is 4.79 Å². The molecule has 1 aliphatic heterocycles. The monoisotopic (exact) mass is 319 g/mol. The first kappa shape index (κ1) is 17.7. The SMILES string of the molecule is Cc1ccc(CNC2CCCCN(C(=O)OC(C)(C)C)C2)cn1.